The summed E-state index contributed by atoms with van der Waals surface area (Å²) < 4.78 is 3.03. The number of hydrogen-bond acceptors (Lipinski definition) is 7. The number of nitrogens with zero attached hydrogens (tertiary/aromatic N) is 5. The highest BCUT2D eigenvalue weighted by molar-refractivity contribution is 7.25. The van der Waals surface area contributed by atoms with Gasteiger partial charge in [-0.25, -0.2) is 4.98 Å². The summed E-state index contributed by atoms with van der Waals surface area (Å²) in [5.74, 6) is 1.57. The second-order valence-electron chi connectivity index (χ2n) is 9.45. The van der Waals surface area contributed by atoms with Crippen LogP contribution in [0.15, 0.2) is 36.7 Å². The number of anilines is 3. The molecule has 1 saturated heterocycles. The first kappa shape index (κ1) is 20.9. The molecule has 7 nitrogen and oxygen atoms in total. The molecule has 3 aromatic heterocycles. The van der Waals surface area contributed by atoms with Crippen molar-refractivity contribution in [3.05, 3.63) is 36.7 Å². The minimum absolute atomic E-state index is 0.453. The van der Waals surface area contributed by atoms with E-state index in [1.54, 1.807) is 22.2 Å². The first-order valence-electron chi connectivity index (χ1n) is 12.2. The van der Waals surface area contributed by atoms with E-state index in [1.807, 2.05) is 13.2 Å². The molecule has 0 spiro atoms. The molecule has 1 aliphatic carbocycles. The number of thiophene rings is 1. The summed E-state index contributed by atoms with van der Waals surface area (Å²) >= 11 is 1.73. The van der Waals surface area contributed by atoms with Gasteiger partial charge in [0, 0.05) is 35.4 Å². The normalized spacial score (nSPS) is 22.1. The van der Waals surface area contributed by atoms with Crippen molar-refractivity contribution in [2.45, 2.75) is 57.0 Å². The first-order chi connectivity index (χ1) is 16.2. The summed E-state index contributed by atoms with van der Waals surface area (Å²) in [6.07, 6.45) is 12.8. The van der Waals surface area contributed by atoms with Gasteiger partial charge >= 0.3 is 0 Å². The van der Waals surface area contributed by atoms with Gasteiger partial charge < -0.3 is 15.5 Å². The zero-order valence-corrected chi connectivity index (χ0v) is 19.9. The third-order valence-corrected chi connectivity index (χ3v) is 8.21. The fraction of sp³-hybridized carbons (Fsp3) is 0.480. The summed E-state index contributed by atoms with van der Waals surface area (Å²) in [6.45, 7) is 2.58. The third kappa shape index (κ3) is 4.29. The molecule has 1 aromatic carbocycles. The molecule has 0 radical (unpaired) electrons. The number of rotatable bonds is 5. The van der Waals surface area contributed by atoms with Crippen LogP contribution in [0.2, 0.25) is 0 Å². The molecule has 0 amide bonds. The minimum atomic E-state index is 0.453. The molecule has 6 rings (SSSR count). The van der Waals surface area contributed by atoms with E-state index in [4.69, 9.17) is 9.97 Å². The molecule has 8 heteroatoms. The van der Waals surface area contributed by atoms with Crippen molar-refractivity contribution in [3.8, 4) is 0 Å². The number of likely N-dealkylation sites (tertiary alicyclic amines) is 1. The van der Waals surface area contributed by atoms with Gasteiger partial charge in [0.15, 0.2) is 0 Å². The van der Waals surface area contributed by atoms with Crippen LogP contribution in [-0.4, -0.2) is 49.8 Å². The lowest BCUT2D eigenvalue weighted by Crippen LogP contribution is -2.43. The quantitative estimate of drug-likeness (QED) is 0.407. The van der Waals surface area contributed by atoms with Crippen LogP contribution in [0, 0.1) is 0 Å². The third-order valence-electron chi connectivity index (χ3n) is 7.14. The molecule has 0 bridgehead atoms. The predicted octanol–water partition coefficient (Wildman–Crippen LogP) is 5.53. The molecule has 4 aromatic rings. The molecule has 0 unspecified atom stereocenters. The van der Waals surface area contributed by atoms with E-state index in [9.17, 15) is 0 Å². The standard InChI is InChI=1S/C25H31N7S/c1-31-16-18(15-26-31)28-25-29-23(22-20-7-3-4-8-21(20)33-24(22)30-25)27-17-9-11-19(12-10-17)32-13-5-2-6-14-32/h3-4,7-8,15-17,19H,2,5-6,9-14H2,1H3,(H2,27,28,29,30). The highest BCUT2D eigenvalue weighted by Gasteiger charge is 2.27. The smallest absolute Gasteiger partial charge is 0.230 e. The van der Waals surface area contributed by atoms with E-state index in [0.717, 1.165) is 27.8 Å². The van der Waals surface area contributed by atoms with Gasteiger partial charge in [0.25, 0.3) is 0 Å². The second kappa shape index (κ2) is 8.91. The van der Waals surface area contributed by atoms with Crippen LogP contribution in [0.1, 0.15) is 44.9 Å². The monoisotopic (exact) mass is 461 g/mol. The number of aryl methyl sites for hydroxylation is 1. The number of aromatic nitrogens is 4. The Balaban J connectivity index is 1.27. The summed E-state index contributed by atoms with van der Waals surface area (Å²) in [6, 6.07) is 9.76. The maximum Gasteiger partial charge on any atom is 0.230 e. The second-order valence-corrected chi connectivity index (χ2v) is 10.5. The summed E-state index contributed by atoms with van der Waals surface area (Å²) in [4.78, 5) is 13.6. The van der Waals surface area contributed by atoms with Crippen molar-refractivity contribution in [1.82, 2.24) is 24.6 Å². The van der Waals surface area contributed by atoms with Gasteiger partial charge in [-0.15, -0.1) is 11.3 Å². The van der Waals surface area contributed by atoms with Crippen LogP contribution in [-0.2, 0) is 7.05 Å². The zero-order valence-electron chi connectivity index (χ0n) is 19.1. The van der Waals surface area contributed by atoms with E-state index in [1.165, 1.54) is 68.1 Å². The largest absolute Gasteiger partial charge is 0.367 e. The van der Waals surface area contributed by atoms with Crippen molar-refractivity contribution < 1.29 is 0 Å². The Morgan fingerprint density at radius 1 is 1.00 bits per heavy atom. The summed E-state index contributed by atoms with van der Waals surface area (Å²) in [5, 5.41) is 13.8. The molecular formula is C25H31N7S. The molecule has 2 aliphatic rings. The average Bonchev–Trinajstić information content (AvgIpc) is 3.43. The maximum atomic E-state index is 4.96. The van der Waals surface area contributed by atoms with E-state index in [2.05, 4.69) is 44.9 Å². The highest BCUT2D eigenvalue weighted by Crippen LogP contribution is 2.38. The fourth-order valence-corrected chi connectivity index (χ4v) is 6.54. The van der Waals surface area contributed by atoms with Crippen LogP contribution in [0.4, 0.5) is 17.5 Å². The Morgan fingerprint density at radius 2 is 1.82 bits per heavy atom. The lowest BCUT2D eigenvalue weighted by Gasteiger charge is -2.39. The van der Waals surface area contributed by atoms with Gasteiger partial charge in [-0.3, -0.25) is 4.68 Å². The Hall–Kier alpha value is -2.71. The van der Waals surface area contributed by atoms with Crippen molar-refractivity contribution in [2.24, 2.45) is 7.05 Å². The van der Waals surface area contributed by atoms with Gasteiger partial charge in [0.1, 0.15) is 10.6 Å². The summed E-state index contributed by atoms with van der Waals surface area (Å²) in [5.41, 5.74) is 0.894. The van der Waals surface area contributed by atoms with Crippen molar-refractivity contribution in [1.29, 1.82) is 0 Å². The van der Waals surface area contributed by atoms with Crippen LogP contribution in [0.25, 0.3) is 20.3 Å². The molecule has 4 heterocycles. The lowest BCUT2D eigenvalue weighted by atomic mass is 9.89. The molecule has 33 heavy (non-hydrogen) atoms. The fourth-order valence-electron chi connectivity index (χ4n) is 5.46. The minimum Gasteiger partial charge on any atom is -0.367 e. The van der Waals surface area contributed by atoms with E-state index in [0.29, 0.717) is 12.0 Å². The topological polar surface area (TPSA) is 70.9 Å². The predicted molar refractivity (Wildman–Crippen MR) is 137 cm³/mol. The number of fused-ring (bicyclic) bond motifs is 3. The van der Waals surface area contributed by atoms with Crippen LogP contribution < -0.4 is 10.6 Å². The van der Waals surface area contributed by atoms with Crippen LogP contribution in [0.5, 0.6) is 0 Å². The van der Waals surface area contributed by atoms with Gasteiger partial charge in [-0.2, -0.15) is 10.1 Å². The van der Waals surface area contributed by atoms with Crippen molar-refractivity contribution >= 4 is 49.1 Å². The Labute approximate surface area is 198 Å². The maximum absolute atomic E-state index is 4.96. The van der Waals surface area contributed by atoms with E-state index >= 15 is 0 Å². The van der Waals surface area contributed by atoms with E-state index < -0.39 is 0 Å². The Morgan fingerprint density at radius 3 is 2.61 bits per heavy atom. The molecular weight excluding hydrogens is 430 g/mol. The van der Waals surface area contributed by atoms with Gasteiger partial charge in [0.2, 0.25) is 5.95 Å². The number of piperidine rings is 1. The molecule has 2 N–H and O–H groups in total. The van der Waals surface area contributed by atoms with Gasteiger partial charge in [-0.05, 0) is 57.7 Å². The average molecular weight is 462 g/mol. The van der Waals surface area contributed by atoms with Gasteiger partial charge in [-0.1, -0.05) is 24.6 Å². The Kier molecular flexibility index (Phi) is 5.63. The number of nitrogens with one attached hydrogen (secondary N) is 2. The summed E-state index contributed by atoms with van der Waals surface area (Å²) in [7, 11) is 1.91. The first-order valence-corrected chi connectivity index (χ1v) is 13.0. The molecule has 172 valence electrons. The number of hydrogen-bond donors (Lipinski definition) is 2. The molecule has 0 atom stereocenters. The van der Waals surface area contributed by atoms with Crippen molar-refractivity contribution in [3.63, 3.8) is 0 Å². The molecule has 2 fully saturated rings. The zero-order chi connectivity index (χ0) is 22.2. The highest BCUT2D eigenvalue weighted by atomic mass is 32.1. The van der Waals surface area contributed by atoms with Crippen molar-refractivity contribution in [2.75, 3.05) is 23.7 Å². The Bertz CT molecular complexity index is 1250. The lowest BCUT2D eigenvalue weighted by molar-refractivity contribution is 0.127. The number of benzene rings is 1. The van der Waals surface area contributed by atoms with E-state index in [-0.39, 0.29) is 0 Å². The van der Waals surface area contributed by atoms with Crippen LogP contribution >= 0.6 is 11.3 Å². The van der Waals surface area contributed by atoms with Crippen LogP contribution in [0.3, 0.4) is 0 Å². The molecule has 1 aliphatic heterocycles. The SMILES string of the molecule is Cn1cc(Nc2nc(NC3CCC(N4CCCCC4)CC3)c3c(n2)sc2ccccc23)cn1. The molecule has 1 saturated carbocycles. The van der Waals surface area contributed by atoms with Gasteiger partial charge in [0.05, 0.1) is 17.3 Å².